The van der Waals surface area contributed by atoms with E-state index >= 15 is 0 Å². The largest absolute Gasteiger partial charge is 0.457 e. The molecule has 0 saturated carbocycles. The lowest BCUT2D eigenvalue weighted by Gasteiger charge is -2.19. The first-order valence-corrected chi connectivity index (χ1v) is 4.67. The SMILES string of the molecule is CC(C)(C)OC(=O)Nc1ccoc1C(N)=O. The summed E-state index contributed by atoms with van der Waals surface area (Å²) in [6.45, 7) is 5.20. The highest BCUT2D eigenvalue weighted by atomic mass is 16.6. The zero-order valence-corrected chi connectivity index (χ0v) is 9.37. The van der Waals surface area contributed by atoms with E-state index in [1.165, 1.54) is 12.3 Å². The maximum atomic E-state index is 11.4. The average molecular weight is 226 g/mol. The van der Waals surface area contributed by atoms with Crippen molar-refractivity contribution in [3.8, 4) is 0 Å². The second-order valence-corrected chi connectivity index (χ2v) is 4.15. The first-order valence-electron chi connectivity index (χ1n) is 4.67. The van der Waals surface area contributed by atoms with Gasteiger partial charge in [-0.05, 0) is 20.8 Å². The average Bonchev–Trinajstić information content (AvgIpc) is 2.47. The van der Waals surface area contributed by atoms with Crippen LogP contribution in [0.15, 0.2) is 16.7 Å². The van der Waals surface area contributed by atoms with Crippen molar-refractivity contribution >= 4 is 17.7 Å². The van der Waals surface area contributed by atoms with Gasteiger partial charge in [0.15, 0.2) is 0 Å². The molecule has 1 aromatic heterocycles. The van der Waals surface area contributed by atoms with Crippen LogP contribution < -0.4 is 11.1 Å². The van der Waals surface area contributed by atoms with Crippen molar-refractivity contribution < 1.29 is 18.7 Å². The van der Waals surface area contributed by atoms with Crippen molar-refractivity contribution in [3.05, 3.63) is 18.1 Å². The van der Waals surface area contributed by atoms with Crippen LogP contribution >= 0.6 is 0 Å². The van der Waals surface area contributed by atoms with Crippen LogP contribution in [-0.4, -0.2) is 17.6 Å². The van der Waals surface area contributed by atoms with E-state index in [1.54, 1.807) is 20.8 Å². The second kappa shape index (κ2) is 4.26. The highest BCUT2D eigenvalue weighted by Crippen LogP contribution is 2.17. The summed E-state index contributed by atoms with van der Waals surface area (Å²) in [7, 11) is 0. The second-order valence-electron chi connectivity index (χ2n) is 4.15. The Morgan fingerprint density at radius 2 is 2.06 bits per heavy atom. The molecule has 0 bridgehead atoms. The minimum absolute atomic E-state index is 0.106. The number of amides is 2. The van der Waals surface area contributed by atoms with Crippen LogP contribution in [0.1, 0.15) is 31.3 Å². The summed E-state index contributed by atoms with van der Waals surface area (Å²) >= 11 is 0. The molecule has 0 aliphatic carbocycles. The van der Waals surface area contributed by atoms with E-state index in [1.807, 2.05) is 0 Å². The molecule has 0 aromatic carbocycles. The van der Waals surface area contributed by atoms with Gasteiger partial charge in [-0.1, -0.05) is 0 Å². The molecule has 3 N–H and O–H groups in total. The molecule has 6 nitrogen and oxygen atoms in total. The number of primary amides is 1. The van der Waals surface area contributed by atoms with Gasteiger partial charge in [-0.25, -0.2) is 4.79 Å². The molecule has 0 atom stereocenters. The van der Waals surface area contributed by atoms with Crippen LogP contribution in [0.25, 0.3) is 0 Å². The molecule has 0 radical (unpaired) electrons. The predicted octanol–water partition coefficient (Wildman–Crippen LogP) is 1.73. The molecule has 6 heteroatoms. The number of furan rings is 1. The number of carbonyl (C=O) groups excluding carboxylic acids is 2. The monoisotopic (exact) mass is 226 g/mol. The number of rotatable bonds is 2. The Hall–Kier alpha value is -1.98. The summed E-state index contributed by atoms with van der Waals surface area (Å²) in [5, 5.41) is 2.37. The molecule has 0 spiro atoms. The number of anilines is 1. The summed E-state index contributed by atoms with van der Waals surface area (Å²) in [5.74, 6) is -0.859. The van der Waals surface area contributed by atoms with E-state index in [0.29, 0.717) is 0 Å². The van der Waals surface area contributed by atoms with E-state index in [2.05, 4.69) is 5.32 Å². The summed E-state index contributed by atoms with van der Waals surface area (Å²) in [5.41, 5.74) is 4.62. The first-order chi connectivity index (χ1) is 7.29. The van der Waals surface area contributed by atoms with Crippen LogP contribution in [0.4, 0.5) is 10.5 Å². The molecule has 0 fully saturated rings. The number of carbonyl (C=O) groups is 2. The van der Waals surface area contributed by atoms with Gasteiger partial charge in [-0.2, -0.15) is 0 Å². The first kappa shape index (κ1) is 12.1. The number of ether oxygens (including phenoxy) is 1. The lowest BCUT2D eigenvalue weighted by atomic mass is 10.2. The normalized spacial score (nSPS) is 10.9. The Balaban J connectivity index is 2.70. The van der Waals surface area contributed by atoms with Crippen LogP contribution in [0.5, 0.6) is 0 Å². The molecular formula is C10H14N2O4. The predicted molar refractivity (Wildman–Crippen MR) is 57.1 cm³/mol. The van der Waals surface area contributed by atoms with E-state index in [-0.39, 0.29) is 11.4 Å². The Morgan fingerprint density at radius 1 is 1.44 bits per heavy atom. The fourth-order valence-corrected chi connectivity index (χ4v) is 1.01. The van der Waals surface area contributed by atoms with Crippen molar-refractivity contribution in [2.24, 2.45) is 5.73 Å². The fraction of sp³-hybridized carbons (Fsp3) is 0.400. The van der Waals surface area contributed by atoms with Gasteiger partial charge in [0.25, 0.3) is 5.91 Å². The Kier molecular flexibility index (Phi) is 3.22. The van der Waals surface area contributed by atoms with E-state index in [0.717, 1.165) is 0 Å². The molecule has 16 heavy (non-hydrogen) atoms. The lowest BCUT2D eigenvalue weighted by Crippen LogP contribution is -2.27. The third kappa shape index (κ3) is 3.30. The highest BCUT2D eigenvalue weighted by Gasteiger charge is 2.19. The topological polar surface area (TPSA) is 94.6 Å². The van der Waals surface area contributed by atoms with E-state index in [9.17, 15) is 9.59 Å². The van der Waals surface area contributed by atoms with Crippen molar-refractivity contribution in [2.75, 3.05) is 5.32 Å². The van der Waals surface area contributed by atoms with Gasteiger partial charge in [0.1, 0.15) is 5.60 Å². The number of nitrogens with two attached hydrogens (primary N) is 1. The molecule has 88 valence electrons. The Labute approximate surface area is 92.7 Å². The van der Waals surface area contributed by atoms with Crippen LogP contribution in [0.2, 0.25) is 0 Å². The van der Waals surface area contributed by atoms with Crippen LogP contribution in [-0.2, 0) is 4.74 Å². The summed E-state index contributed by atoms with van der Waals surface area (Å²) in [4.78, 5) is 22.3. The minimum Gasteiger partial charge on any atom is -0.457 e. The fourth-order valence-electron chi connectivity index (χ4n) is 1.01. The molecule has 0 aliphatic heterocycles. The molecule has 2 amide bonds. The van der Waals surface area contributed by atoms with Gasteiger partial charge < -0.3 is 14.9 Å². The van der Waals surface area contributed by atoms with Crippen molar-refractivity contribution in [2.45, 2.75) is 26.4 Å². The van der Waals surface area contributed by atoms with Crippen LogP contribution in [0, 0.1) is 0 Å². The summed E-state index contributed by atoms with van der Waals surface area (Å²) in [6, 6.07) is 1.42. The van der Waals surface area contributed by atoms with Crippen molar-refractivity contribution in [1.29, 1.82) is 0 Å². The van der Waals surface area contributed by atoms with E-state index in [4.69, 9.17) is 14.9 Å². The molecule has 1 heterocycles. The number of hydrogen-bond acceptors (Lipinski definition) is 4. The highest BCUT2D eigenvalue weighted by molar-refractivity contribution is 5.99. The third-order valence-electron chi connectivity index (χ3n) is 1.52. The molecule has 0 saturated heterocycles. The smallest absolute Gasteiger partial charge is 0.412 e. The van der Waals surface area contributed by atoms with Crippen molar-refractivity contribution in [3.63, 3.8) is 0 Å². The minimum atomic E-state index is -0.754. The lowest BCUT2D eigenvalue weighted by molar-refractivity contribution is 0.0636. The molecular weight excluding hydrogens is 212 g/mol. The van der Waals surface area contributed by atoms with E-state index < -0.39 is 17.6 Å². The van der Waals surface area contributed by atoms with Crippen LogP contribution in [0.3, 0.4) is 0 Å². The zero-order valence-electron chi connectivity index (χ0n) is 9.37. The molecule has 0 unspecified atom stereocenters. The Morgan fingerprint density at radius 3 is 2.56 bits per heavy atom. The zero-order chi connectivity index (χ0) is 12.3. The molecule has 1 rings (SSSR count). The maximum absolute atomic E-state index is 11.4. The number of hydrogen-bond donors (Lipinski definition) is 2. The van der Waals surface area contributed by atoms with Crippen molar-refractivity contribution in [1.82, 2.24) is 0 Å². The third-order valence-corrected chi connectivity index (χ3v) is 1.52. The van der Waals surface area contributed by atoms with Gasteiger partial charge in [0.05, 0.1) is 12.0 Å². The van der Waals surface area contributed by atoms with Gasteiger partial charge in [0.2, 0.25) is 5.76 Å². The standard InChI is InChI=1S/C10H14N2O4/c1-10(2,3)16-9(14)12-6-4-5-15-7(6)8(11)13/h4-5H,1-3H3,(H2,11,13)(H,12,14). The van der Waals surface area contributed by atoms with Gasteiger partial charge in [0, 0.05) is 6.07 Å². The van der Waals surface area contributed by atoms with Gasteiger partial charge in [-0.15, -0.1) is 0 Å². The number of nitrogens with one attached hydrogen (secondary N) is 1. The summed E-state index contributed by atoms with van der Waals surface area (Å²) < 4.78 is 9.81. The summed E-state index contributed by atoms with van der Waals surface area (Å²) in [6.07, 6.45) is 0.587. The maximum Gasteiger partial charge on any atom is 0.412 e. The Bertz CT molecular complexity index is 403. The van der Waals surface area contributed by atoms with Gasteiger partial charge >= 0.3 is 6.09 Å². The quantitative estimate of drug-likeness (QED) is 0.802. The molecule has 1 aromatic rings. The molecule has 0 aliphatic rings. The van der Waals surface area contributed by atoms with Gasteiger partial charge in [-0.3, -0.25) is 10.1 Å².